The quantitative estimate of drug-likeness (QED) is 0.429. The van der Waals surface area contributed by atoms with E-state index in [0.717, 1.165) is 5.56 Å². The Morgan fingerprint density at radius 3 is 2.42 bits per heavy atom. The molecule has 0 aromatic heterocycles. The van der Waals surface area contributed by atoms with Crippen molar-refractivity contribution in [3.63, 3.8) is 0 Å². The van der Waals surface area contributed by atoms with E-state index in [-0.39, 0.29) is 49.2 Å². The summed E-state index contributed by atoms with van der Waals surface area (Å²) in [6.45, 7) is 3.91. The minimum Gasteiger partial charge on any atom is -0.368 e. The standard InChI is InChI=1S/C21H31N5O4S/c1-13(2)23-21(30)24-15-10-17(26(11-15)18(27)12-31-3)20(29)25-16(19(22)28)9-14-7-5-4-6-8-14/h4-8,13,15-17H,9-12H2,1-3H3,(H2,22,28)(H,25,29)(H2,23,24,30)/t15-,16+,17-/m0/s1. The number of nitrogens with one attached hydrogen (secondary N) is 3. The third kappa shape index (κ3) is 7.46. The van der Waals surface area contributed by atoms with Crippen molar-refractivity contribution in [2.24, 2.45) is 5.73 Å². The van der Waals surface area contributed by atoms with E-state index in [1.165, 1.54) is 16.7 Å². The van der Waals surface area contributed by atoms with Crippen molar-refractivity contribution in [3.8, 4) is 0 Å². The average molecular weight is 450 g/mol. The molecule has 0 bridgehead atoms. The van der Waals surface area contributed by atoms with Crippen molar-refractivity contribution in [2.75, 3.05) is 18.6 Å². The van der Waals surface area contributed by atoms with Gasteiger partial charge in [0, 0.05) is 19.0 Å². The van der Waals surface area contributed by atoms with Gasteiger partial charge in [-0.1, -0.05) is 30.3 Å². The molecule has 0 aliphatic carbocycles. The van der Waals surface area contributed by atoms with Crippen LogP contribution >= 0.6 is 11.8 Å². The predicted molar refractivity (Wildman–Crippen MR) is 120 cm³/mol. The molecule has 170 valence electrons. The third-order valence-electron chi connectivity index (χ3n) is 4.89. The van der Waals surface area contributed by atoms with Gasteiger partial charge in [0.2, 0.25) is 17.7 Å². The summed E-state index contributed by atoms with van der Waals surface area (Å²) in [4.78, 5) is 51.1. The van der Waals surface area contributed by atoms with Crippen LogP contribution in [-0.4, -0.2) is 71.4 Å². The summed E-state index contributed by atoms with van der Waals surface area (Å²) in [6.07, 6.45) is 2.32. The minimum absolute atomic E-state index is 0.0379. The summed E-state index contributed by atoms with van der Waals surface area (Å²) < 4.78 is 0. The zero-order chi connectivity index (χ0) is 23.0. The highest BCUT2D eigenvalue weighted by Crippen LogP contribution is 2.20. The number of nitrogens with zero attached hydrogens (tertiary/aromatic N) is 1. The van der Waals surface area contributed by atoms with Gasteiger partial charge in [0.05, 0.1) is 11.8 Å². The molecule has 1 aromatic carbocycles. The van der Waals surface area contributed by atoms with Gasteiger partial charge in [-0.3, -0.25) is 14.4 Å². The van der Waals surface area contributed by atoms with Gasteiger partial charge in [0.1, 0.15) is 12.1 Å². The molecule has 5 N–H and O–H groups in total. The van der Waals surface area contributed by atoms with Crippen molar-refractivity contribution in [3.05, 3.63) is 35.9 Å². The number of amides is 5. The topological polar surface area (TPSA) is 134 Å². The number of hydrogen-bond donors (Lipinski definition) is 4. The fourth-order valence-corrected chi connectivity index (χ4v) is 3.91. The first-order valence-corrected chi connectivity index (χ1v) is 11.6. The van der Waals surface area contributed by atoms with E-state index in [4.69, 9.17) is 5.73 Å². The number of nitrogens with two attached hydrogens (primary N) is 1. The van der Waals surface area contributed by atoms with Crippen LogP contribution in [0.4, 0.5) is 4.79 Å². The summed E-state index contributed by atoms with van der Waals surface area (Å²) in [7, 11) is 0. The lowest BCUT2D eigenvalue weighted by Crippen LogP contribution is -2.53. The summed E-state index contributed by atoms with van der Waals surface area (Å²) >= 11 is 1.36. The molecule has 0 spiro atoms. The highest BCUT2D eigenvalue weighted by atomic mass is 32.2. The molecule has 3 atom stereocenters. The Balaban J connectivity index is 2.10. The van der Waals surface area contributed by atoms with E-state index < -0.39 is 23.9 Å². The molecule has 10 heteroatoms. The Kier molecular flexibility index (Phi) is 9.17. The molecule has 2 rings (SSSR count). The van der Waals surface area contributed by atoms with Crippen LogP contribution in [0.25, 0.3) is 0 Å². The first-order chi connectivity index (χ1) is 14.7. The molecule has 0 radical (unpaired) electrons. The monoisotopic (exact) mass is 449 g/mol. The number of likely N-dealkylation sites (tertiary alicyclic amines) is 1. The Morgan fingerprint density at radius 2 is 1.84 bits per heavy atom. The first kappa shape index (κ1) is 24.5. The van der Waals surface area contributed by atoms with Crippen LogP contribution in [0.15, 0.2) is 30.3 Å². The summed E-state index contributed by atoms with van der Waals surface area (Å²) in [6, 6.07) is 6.78. The lowest BCUT2D eigenvalue weighted by molar-refractivity contribution is -0.137. The second kappa shape index (κ2) is 11.6. The van der Waals surface area contributed by atoms with Gasteiger partial charge in [-0.15, -0.1) is 0 Å². The van der Waals surface area contributed by atoms with Gasteiger partial charge in [-0.05, 0) is 32.1 Å². The van der Waals surface area contributed by atoms with Crippen molar-refractivity contribution in [2.45, 2.75) is 50.9 Å². The van der Waals surface area contributed by atoms with Crippen molar-refractivity contribution in [1.29, 1.82) is 0 Å². The van der Waals surface area contributed by atoms with Crippen LogP contribution in [0.3, 0.4) is 0 Å². The third-order valence-corrected chi connectivity index (χ3v) is 5.43. The number of hydrogen-bond acceptors (Lipinski definition) is 5. The van der Waals surface area contributed by atoms with Gasteiger partial charge in [0.15, 0.2) is 0 Å². The first-order valence-electron chi connectivity index (χ1n) is 10.2. The maximum atomic E-state index is 13.0. The molecule has 1 aromatic rings. The SMILES string of the molecule is CSCC(=O)N1C[C@@H](NC(=O)NC(C)C)C[C@H]1C(=O)N[C@H](Cc1ccccc1)C(N)=O. The van der Waals surface area contributed by atoms with Crippen molar-refractivity contribution in [1.82, 2.24) is 20.9 Å². The Morgan fingerprint density at radius 1 is 1.16 bits per heavy atom. The van der Waals surface area contributed by atoms with E-state index >= 15 is 0 Å². The van der Waals surface area contributed by atoms with E-state index in [9.17, 15) is 19.2 Å². The number of thioether (sulfide) groups is 1. The highest BCUT2D eigenvalue weighted by molar-refractivity contribution is 7.99. The molecule has 31 heavy (non-hydrogen) atoms. The minimum atomic E-state index is -0.899. The number of carbonyl (C=O) groups excluding carboxylic acids is 4. The zero-order valence-electron chi connectivity index (χ0n) is 18.1. The number of primary amides is 1. The van der Waals surface area contributed by atoms with Crippen LogP contribution < -0.4 is 21.7 Å². The molecule has 1 saturated heterocycles. The Bertz CT molecular complexity index is 789. The Labute approximate surface area is 186 Å². The fraction of sp³-hybridized carbons (Fsp3) is 0.524. The zero-order valence-corrected chi connectivity index (χ0v) is 18.9. The number of urea groups is 1. The van der Waals surface area contributed by atoms with Crippen LogP contribution in [0, 0.1) is 0 Å². The highest BCUT2D eigenvalue weighted by Gasteiger charge is 2.40. The lowest BCUT2D eigenvalue weighted by Gasteiger charge is -2.25. The largest absolute Gasteiger partial charge is 0.368 e. The summed E-state index contributed by atoms with van der Waals surface area (Å²) in [5.74, 6) is -1.08. The summed E-state index contributed by atoms with van der Waals surface area (Å²) in [5.41, 5.74) is 6.37. The maximum absolute atomic E-state index is 13.0. The van der Waals surface area contributed by atoms with Gasteiger partial charge in [-0.2, -0.15) is 11.8 Å². The molecule has 0 unspecified atom stereocenters. The number of benzene rings is 1. The van der Waals surface area contributed by atoms with Crippen LogP contribution in [-0.2, 0) is 20.8 Å². The second-order valence-corrected chi connectivity index (χ2v) is 8.72. The molecule has 5 amide bonds. The second-order valence-electron chi connectivity index (χ2n) is 7.85. The van der Waals surface area contributed by atoms with Crippen LogP contribution in [0.5, 0.6) is 0 Å². The summed E-state index contributed by atoms with van der Waals surface area (Å²) in [5, 5.41) is 8.25. The van der Waals surface area contributed by atoms with Crippen LogP contribution in [0.2, 0.25) is 0 Å². The number of rotatable bonds is 9. The molecular formula is C21H31N5O4S. The van der Waals surface area contributed by atoms with E-state index in [1.54, 1.807) is 6.26 Å². The molecule has 1 heterocycles. The molecule has 1 aliphatic heterocycles. The molecule has 1 aliphatic rings. The predicted octanol–water partition coefficient (Wildman–Crippen LogP) is 0.239. The van der Waals surface area contributed by atoms with Crippen molar-refractivity contribution >= 4 is 35.5 Å². The van der Waals surface area contributed by atoms with Crippen LogP contribution in [0.1, 0.15) is 25.8 Å². The number of carbonyl (C=O) groups is 4. The molecule has 0 saturated carbocycles. The van der Waals surface area contributed by atoms with Gasteiger partial charge in [0.25, 0.3) is 0 Å². The normalized spacial score (nSPS) is 19.0. The lowest BCUT2D eigenvalue weighted by atomic mass is 10.0. The van der Waals surface area contributed by atoms with E-state index in [2.05, 4.69) is 16.0 Å². The van der Waals surface area contributed by atoms with Gasteiger partial charge in [-0.25, -0.2) is 4.79 Å². The fourth-order valence-electron chi connectivity index (χ4n) is 3.50. The molecule has 1 fully saturated rings. The Hall–Kier alpha value is -2.75. The van der Waals surface area contributed by atoms with E-state index in [1.807, 2.05) is 44.2 Å². The average Bonchev–Trinajstić information content (AvgIpc) is 3.11. The maximum Gasteiger partial charge on any atom is 0.315 e. The molecule has 9 nitrogen and oxygen atoms in total. The smallest absolute Gasteiger partial charge is 0.315 e. The van der Waals surface area contributed by atoms with E-state index in [0.29, 0.717) is 0 Å². The van der Waals surface area contributed by atoms with Gasteiger partial charge < -0.3 is 26.6 Å². The molecular weight excluding hydrogens is 418 g/mol. The van der Waals surface area contributed by atoms with Gasteiger partial charge >= 0.3 is 6.03 Å². The van der Waals surface area contributed by atoms with Crippen molar-refractivity contribution < 1.29 is 19.2 Å².